The number of likely N-dealkylation sites (tertiary alicyclic amines) is 1. The lowest BCUT2D eigenvalue weighted by Gasteiger charge is -2.30. The third-order valence-electron chi connectivity index (χ3n) is 6.31. The molecule has 1 saturated heterocycles. The molecule has 32 heavy (non-hydrogen) atoms. The number of rotatable bonds is 7. The first-order valence-electron chi connectivity index (χ1n) is 11.6. The Kier molecular flexibility index (Phi) is 7.56. The molecule has 0 saturated carbocycles. The van der Waals surface area contributed by atoms with Crippen LogP contribution in [-0.2, 0) is 6.54 Å². The molecule has 3 nitrogen and oxygen atoms in total. The largest absolute Gasteiger partial charge is 0.339 e. The van der Waals surface area contributed by atoms with Crippen molar-refractivity contribution in [1.82, 2.24) is 9.80 Å². The first-order valence-corrected chi connectivity index (χ1v) is 12.5. The number of nitrogens with zero attached hydrogens (tertiary/aromatic N) is 2. The van der Waals surface area contributed by atoms with Gasteiger partial charge in [0.1, 0.15) is 0 Å². The molecule has 3 aromatic rings. The minimum absolute atomic E-state index is 0.109. The van der Waals surface area contributed by atoms with Crippen LogP contribution in [0.1, 0.15) is 53.1 Å². The second-order valence-corrected chi connectivity index (χ2v) is 9.29. The Morgan fingerprint density at radius 1 is 0.844 bits per heavy atom. The topological polar surface area (TPSA) is 23.6 Å². The fourth-order valence-corrected chi connectivity index (χ4v) is 5.25. The predicted molar refractivity (Wildman–Crippen MR) is 135 cm³/mol. The predicted octanol–water partition coefficient (Wildman–Crippen LogP) is 6.33. The van der Waals surface area contributed by atoms with Crippen LogP contribution in [0.4, 0.5) is 0 Å². The molecular weight excluding hydrogens is 412 g/mol. The maximum absolute atomic E-state index is 12.7. The highest BCUT2D eigenvalue weighted by atomic mass is 32.1. The molecule has 0 spiro atoms. The van der Waals surface area contributed by atoms with Crippen molar-refractivity contribution in [2.24, 2.45) is 0 Å². The first kappa shape index (κ1) is 22.5. The molecule has 0 radical (unpaired) electrons. The molecule has 0 bridgehead atoms. The van der Waals surface area contributed by atoms with Crippen molar-refractivity contribution >= 4 is 22.8 Å². The number of hydrogen-bond donors (Lipinski definition) is 0. The van der Waals surface area contributed by atoms with Crippen LogP contribution in [-0.4, -0.2) is 41.9 Å². The van der Waals surface area contributed by atoms with E-state index in [0.717, 1.165) is 51.1 Å². The monoisotopic (exact) mass is 444 g/mol. The van der Waals surface area contributed by atoms with Gasteiger partial charge in [0.15, 0.2) is 0 Å². The average molecular weight is 445 g/mol. The lowest BCUT2D eigenvalue weighted by Crippen LogP contribution is -2.30. The van der Waals surface area contributed by atoms with E-state index in [2.05, 4.69) is 64.9 Å². The van der Waals surface area contributed by atoms with Gasteiger partial charge < -0.3 is 4.90 Å². The molecule has 1 aliphatic heterocycles. The standard InChI is InChI=1S/C28H32N2OS/c1-3-30(4-2)28(31)25-14-12-23(13-15-25)27(22-9-6-5-7-10-22)24-16-18-29(19-17-24)21-26-11-8-20-32-26/h5-15,20H,3-4,16-19,21H2,1-2H3. The van der Waals surface area contributed by atoms with E-state index in [1.807, 2.05) is 42.2 Å². The van der Waals surface area contributed by atoms with Gasteiger partial charge in [0.05, 0.1) is 0 Å². The fourth-order valence-electron chi connectivity index (χ4n) is 4.51. The van der Waals surface area contributed by atoms with Gasteiger partial charge in [-0.3, -0.25) is 9.69 Å². The Bertz CT molecular complexity index is 1020. The van der Waals surface area contributed by atoms with Gasteiger partial charge in [0, 0.05) is 43.2 Å². The summed E-state index contributed by atoms with van der Waals surface area (Å²) < 4.78 is 0. The molecule has 1 aliphatic rings. The van der Waals surface area contributed by atoms with Crippen LogP contribution in [0.15, 0.2) is 77.7 Å². The van der Waals surface area contributed by atoms with Crippen molar-refractivity contribution in [3.05, 3.63) is 99.3 Å². The van der Waals surface area contributed by atoms with E-state index in [9.17, 15) is 4.79 Å². The summed E-state index contributed by atoms with van der Waals surface area (Å²) in [5, 5.41) is 2.16. The van der Waals surface area contributed by atoms with Gasteiger partial charge in [-0.1, -0.05) is 54.1 Å². The Morgan fingerprint density at radius 2 is 1.47 bits per heavy atom. The highest BCUT2D eigenvalue weighted by molar-refractivity contribution is 7.09. The molecule has 4 heteroatoms. The molecule has 1 fully saturated rings. The number of benzene rings is 2. The van der Waals surface area contributed by atoms with E-state index in [4.69, 9.17) is 0 Å². The van der Waals surface area contributed by atoms with Crippen LogP contribution in [0.3, 0.4) is 0 Å². The van der Waals surface area contributed by atoms with Crippen molar-refractivity contribution in [2.45, 2.75) is 33.2 Å². The van der Waals surface area contributed by atoms with Crippen molar-refractivity contribution in [2.75, 3.05) is 26.2 Å². The molecule has 2 aromatic carbocycles. The van der Waals surface area contributed by atoms with E-state index >= 15 is 0 Å². The third-order valence-corrected chi connectivity index (χ3v) is 7.17. The zero-order valence-corrected chi connectivity index (χ0v) is 19.9. The molecule has 166 valence electrons. The van der Waals surface area contributed by atoms with E-state index in [1.54, 1.807) is 0 Å². The lowest BCUT2D eigenvalue weighted by atomic mass is 9.88. The molecule has 0 N–H and O–H groups in total. The van der Waals surface area contributed by atoms with Crippen LogP contribution in [0, 0.1) is 0 Å². The normalized spacial score (nSPS) is 14.4. The van der Waals surface area contributed by atoms with Crippen LogP contribution >= 0.6 is 11.3 Å². The Balaban J connectivity index is 1.59. The quantitative estimate of drug-likeness (QED) is 0.425. The minimum Gasteiger partial charge on any atom is -0.339 e. The molecule has 0 atom stereocenters. The van der Waals surface area contributed by atoms with Crippen LogP contribution in [0.5, 0.6) is 0 Å². The number of hydrogen-bond acceptors (Lipinski definition) is 3. The Labute approximate surface area is 196 Å². The molecular formula is C28H32N2OS. The van der Waals surface area contributed by atoms with Crippen molar-refractivity contribution in [3.63, 3.8) is 0 Å². The van der Waals surface area contributed by atoms with E-state index in [1.165, 1.54) is 27.2 Å². The molecule has 0 unspecified atom stereocenters. The number of thiophene rings is 1. The number of carbonyl (C=O) groups is 1. The lowest BCUT2D eigenvalue weighted by molar-refractivity contribution is 0.0773. The smallest absolute Gasteiger partial charge is 0.253 e. The zero-order chi connectivity index (χ0) is 22.3. The summed E-state index contributed by atoms with van der Waals surface area (Å²) in [5.41, 5.74) is 6.08. The highest BCUT2D eigenvalue weighted by Crippen LogP contribution is 2.33. The van der Waals surface area contributed by atoms with Gasteiger partial charge in [-0.2, -0.15) is 0 Å². The SMILES string of the molecule is CCN(CC)C(=O)c1ccc(C(=C2CCN(Cc3cccs3)CC2)c2ccccc2)cc1. The van der Waals surface area contributed by atoms with Gasteiger partial charge >= 0.3 is 0 Å². The molecule has 1 aromatic heterocycles. The van der Waals surface area contributed by atoms with Gasteiger partial charge in [-0.15, -0.1) is 11.3 Å². The molecule has 2 heterocycles. The Hall–Kier alpha value is -2.69. The maximum Gasteiger partial charge on any atom is 0.253 e. The summed E-state index contributed by atoms with van der Waals surface area (Å²) in [7, 11) is 0. The number of carbonyl (C=O) groups excluding carboxylic acids is 1. The van der Waals surface area contributed by atoms with E-state index in [0.29, 0.717) is 0 Å². The highest BCUT2D eigenvalue weighted by Gasteiger charge is 2.20. The van der Waals surface area contributed by atoms with Crippen LogP contribution in [0.25, 0.3) is 5.57 Å². The van der Waals surface area contributed by atoms with Gasteiger partial charge in [-0.05, 0) is 67.0 Å². The van der Waals surface area contributed by atoms with Crippen LogP contribution < -0.4 is 0 Å². The summed E-state index contributed by atoms with van der Waals surface area (Å²) in [6, 6.07) is 23.3. The third kappa shape index (κ3) is 5.20. The maximum atomic E-state index is 12.7. The zero-order valence-electron chi connectivity index (χ0n) is 19.1. The second kappa shape index (κ2) is 10.8. The molecule has 4 rings (SSSR count). The number of amides is 1. The summed E-state index contributed by atoms with van der Waals surface area (Å²) in [6.07, 6.45) is 2.16. The molecule has 1 amide bonds. The van der Waals surface area contributed by atoms with Gasteiger partial charge in [-0.25, -0.2) is 0 Å². The second-order valence-electron chi connectivity index (χ2n) is 8.25. The van der Waals surface area contributed by atoms with Crippen molar-refractivity contribution < 1.29 is 4.79 Å². The van der Waals surface area contributed by atoms with Crippen LogP contribution in [0.2, 0.25) is 0 Å². The fraction of sp³-hybridized carbons (Fsp3) is 0.321. The van der Waals surface area contributed by atoms with E-state index in [-0.39, 0.29) is 5.91 Å². The average Bonchev–Trinajstić information content (AvgIpc) is 3.35. The van der Waals surface area contributed by atoms with E-state index < -0.39 is 0 Å². The minimum atomic E-state index is 0.109. The first-order chi connectivity index (χ1) is 15.7. The van der Waals surface area contributed by atoms with Gasteiger partial charge in [0.2, 0.25) is 0 Å². The summed E-state index contributed by atoms with van der Waals surface area (Å²) in [5.74, 6) is 0.109. The molecule has 0 aliphatic carbocycles. The summed E-state index contributed by atoms with van der Waals surface area (Å²) in [6.45, 7) is 8.74. The summed E-state index contributed by atoms with van der Waals surface area (Å²) in [4.78, 5) is 18.6. The van der Waals surface area contributed by atoms with Crippen molar-refractivity contribution in [1.29, 1.82) is 0 Å². The van der Waals surface area contributed by atoms with Gasteiger partial charge in [0.25, 0.3) is 5.91 Å². The summed E-state index contributed by atoms with van der Waals surface area (Å²) >= 11 is 1.84. The van der Waals surface area contributed by atoms with Crippen molar-refractivity contribution in [3.8, 4) is 0 Å². The number of piperidine rings is 1. The Morgan fingerprint density at radius 3 is 2.06 bits per heavy atom.